The van der Waals surface area contributed by atoms with Crippen LogP contribution >= 0.6 is 0 Å². The molecule has 0 aliphatic carbocycles. The minimum atomic E-state index is -1.05. The number of primary amides is 1. The lowest BCUT2D eigenvalue weighted by atomic mass is 9.94. The van der Waals surface area contributed by atoms with Crippen LogP contribution in [0, 0.1) is 28.1 Å². The Hall–Kier alpha value is -4.61. The summed E-state index contributed by atoms with van der Waals surface area (Å²) in [6.45, 7) is 0.971. The van der Waals surface area contributed by atoms with Crippen molar-refractivity contribution in [3.05, 3.63) is 41.1 Å². The molecule has 3 rings (SSSR count). The summed E-state index contributed by atoms with van der Waals surface area (Å²) in [5, 5.41) is 36.4. The lowest BCUT2D eigenvalue weighted by molar-refractivity contribution is -0.136. The van der Waals surface area contributed by atoms with Gasteiger partial charge in [-0.1, -0.05) is 0 Å². The predicted octanol–water partition coefficient (Wildman–Crippen LogP) is 0.456. The molecule has 2 aromatic rings. The fourth-order valence-corrected chi connectivity index (χ4v) is 3.67. The largest absolute Gasteiger partial charge is 0.480 e. The number of nitrogens with zero attached hydrogens (tertiary/aromatic N) is 4. The standard InChI is InChI=1S/C22H27N11O3/c23-8-5-13-6-9-33(10-7-13)22-29-16(11-24)18(20(26)36)21(30-22)28-15-3-1-14(2-4-15)19(25)31-32-27-12-17(34)35/h1-4,11,13,24,27,32H,5-7,9-10,12H2,(H2,25,31)(H2,26,36)(H,34,35)(H,28,29,30). The number of aliphatic carboxylic acids is 1. The highest BCUT2D eigenvalue weighted by Crippen LogP contribution is 2.27. The van der Waals surface area contributed by atoms with Gasteiger partial charge in [0.25, 0.3) is 5.91 Å². The minimum Gasteiger partial charge on any atom is -0.480 e. The Kier molecular flexibility index (Phi) is 8.81. The highest BCUT2D eigenvalue weighted by Gasteiger charge is 2.24. The van der Waals surface area contributed by atoms with Gasteiger partial charge < -0.3 is 26.5 Å². The number of amidine groups is 1. The number of rotatable bonds is 11. The molecule has 188 valence electrons. The maximum absolute atomic E-state index is 12.2. The number of carboxylic acids is 1. The average Bonchev–Trinajstić information content (AvgIpc) is 2.86. The number of hydrogen-bond donors (Lipinski definition) is 8. The van der Waals surface area contributed by atoms with Crippen LogP contribution in [-0.2, 0) is 4.79 Å². The molecule has 14 nitrogen and oxygen atoms in total. The Labute approximate surface area is 206 Å². The molecule has 14 heteroatoms. The van der Waals surface area contributed by atoms with Crippen LogP contribution < -0.4 is 32.3 Å². The van der Waals surface area contributed by atoms with Crippen molar-refractivity contribution >= 4 is 41.4 Å². The number of benzene rings is 1. The number of carboxylic acid groups (broad SMARTS) is 1. The summed E-state index contributed by atoms with van der Waals surface area (Å²) in [6, 6.07) is 8.82. The number of amides is 1. The quantitative estimate of drug-likeness (QED) is 0.0927. The van der Waals surface area contributed by atoms with Gasteiger partial charge in [-0.25, -0.2) is 10.4 Å². The van der Waals surface area contributed by atoms with E-state index in [-0.39, 0.29) is 29.5 Å². The maximum Gasteiger partial charge on any atom is 0.318 e. The minimum absolute atomic E-state index is 0.00696. The number of nitrogens with two attached hydrogens (primary N) is 1. The second-order valence-electron chi connectivity index (χ2n) is 8.01. The van der Waals surface area contributed by atoms with Gasteiger partial charge in [-0.15, -0.1) is 0 Å². The Morgan fingerprint density at radius 1 is 1.25 bits per heavy atom. The molecular formula is C22H27N11O3. The number of nitriles is 1. The molecule has 1 aliphatic heterocycles. The van der Waals surface area contributed by atoms with E-state index in [9.17, 15) is 9.59 Å². The molecule has 0 radical (unpaired) electrons. The summed E-state index contributed by atoms with van der Waals surface area (Å²) in [4.78, 5) is 33.5. The van der Waals surface area contributed by atoms with E-state index in [1.165, 1.54) is 0 Å². The van der Waals surface area contributed by atoms with Crippen molar-refractivity contribution in [2.24, 2.45) is 11.7 Å². The molecule has 1 fully saturated rings. The monoisotopic (exact) mass is 493 g/mol. The average molecular weight is 494 g/mol. The van der Waals surface area contributed by atoms with Crippen molar-refractivity contribution in [1.82, 2.24) is 26.4 Å². The van der Waals surface area contributed by atoms with Crippen LogP contribution in [0.5, 0.6) is 0 Å². The first kappa shape index (κ1) is 26.0. The molecule has 36 heavy (non-hydrogen) atoms. The molecule has 2 heterocycles. The van der Waals surface area contributed by atoms with Gasteiger partial charge in [-0.2, -0.15) is 15.8 Å². The third kappa shape index (κ3) is 6.72. The van der Waals surface area contributed by atoms with E-state index in [0.29, 0.717) is 42.6 Å². The predicted molar refractivity (Wildman–Crippen MR) is 132 cm³/mol. The Balaban J connectivity index is 1.77. The molecule has 9 N–H and O–H groups in total. The molecule has 0 spiro atoms. The smallest absolute Gasteiger partial charge is 0.318 e. The van der Waals surface area contributed by atoms with Gasteiger partial charge in [0.15, 0.2) is 0 Å². The Morgan fingerprint density at radius 2 is 1.94 bits per heavy atom. The van der Waals surface area contributed by atoms with Gasteiger partial charge in [0, 0.05) is 37.0 Å². The molecule has 0 saturated carbocycles. The summed E-state index contributed by atoms with van der Waals surface area (Å²) in [6.07, 6.45) is 3.10. The van der Waals surface area contributed by atoms with Crippen LogP contribution in [0.3, 0.4) is 0 Å². The second kappa shape index (κ2) is 12.2. The van der Waals surface area contributed by atoms with E-state index in [1.807, 2.05) is 4.90 Å². The third-order valence-corrected chi connectivity index (χ3v) is 5.54. The van der Waals surface area contributed by atoms with Gasteiger partial charge in [-0.05, 0) is 43.0 Å². The number of carbonyl (C=O) groups excluding carboxylic acids is 1. The fraction of sp³-hybridized carbons (Fsp3) is 0.318. The summed E-state index contributed by atoms with van der Waals surface area (Å²) in [5.41, 5.74) is 14.0. The molecule has 1 aromatic carbocycles. The van der Waals surface area contributed by atoms with E-state index in [2.05, 4.69) is 37.7 Å². The van der Waals surface area contributed by atoms with Crippen molar-refractivity contribution in [2.45, 2.75) is 19.3 Å². The lowest BCUT2D eigenvalue weighted by Gasteiger charge is -2.31. The van der Waals surface area contributed by atoms with Crippen LogP contribution in [0.1, 0.15) is 40.9 Å². The molecule has 1 amide bonds. The molecular weight excluding hydrogens is 466 g/mol. The topological polar surface area (TPSA) is 229 Å². The SMILES string of the molecule is N#CCC1CCN(c2nc(C=N)c(C(N)=O)c(Nc3ccc(C(=N)NNNCC(=O)O)cc3)n2)CC1. The number of hydrogen-bond acceptors (Lipinski definition) is 11. The van der Waals surface area contributed by atoms with Gasteiger partial charge in [-0.3, -0.25) is 20.4 Å². The van der Waals surface area contributed by atoms with Crippen molar-refractivity contribution in [2.75, 3.05) is 29.9 Å². The van der Waals surface area contributed by atoms with Gasteiger partial charge in [0.1, 0.15) is 29.5 Å². The summed E-state index contributed by atoms with van der Waals surface area (Å²) in [5.74, 6) is -0.996. The fourth-order valence-electron chi connectivity index (χ4n) is 3.67. The van der Waals surface area contributed by atoms with E-state index in [0.717, 1.165) is 19.1 Å². The van der Waals surface area contributed by atoms with E-state index in [4.69, 9.17) is 26.9 Å². The first-order chi connectivity index (χ1) is 17.3. The molecule has 1 aromatic heterocycles. The highest BCUT2D eigenvalue weighted by molar-refractivity contribution is 6.04. The van der Waals surface area contributed by atoms with Gasteiger partial charge in [0.2, 0.25) is 5.95 Å². The molecule has 1 aliphatic rings. The van der Waals surface area contributed by atoms with Crippen LogP contribution in [0.25, 0.3) is 0 Å². The zero-order valence-corrected chi connectivity index (χ0v) is 19.3. The Bertz CT molecular complexity index is 1170. The first-order valence-electron chi connectivity index (χ1n) is 11.1. The van der Waals surface area contributed by atoms with Crippen LogP contribution in [0.2, 0.25) is 0 Å². The van der Waals surface area contributed by atoms with E-state index >= 15 is 0 Å². The molecule has 0 atom stereocenters. The van der Waals surface area contributed by atoms with E-state index in [1.54, 1.807) is 24.3 Å². The number of piperidine rings is 1. The number of hydrazine groups is 2. The summed E-state index contributed by atoms with van der Waals surface area (Å²) < 4.78 is 0. The second-order valence-corrected chi connectivity index (χ2v) is 8.01. The highest BCUT2D eigenvalue weighted by atomic mass is 16.4. The van der Waals surface area contributed by atoms with Crippen molar-refractivity contribution < 1.29 is 14.7 Å². The van der Waals surface area contributed by atoms with Crippen molar-refractivity contribution in [3.63, 3.8) is 0 Å². The van der Waals surface area contributed by atoms with Gasteiger partial charge in [0.05, 0.1) is 6.07 Å². The van der Waals surface area contributed by atoms with Crippen LogP contribution in [0.4, 0.5) is 17.5 Å². The van der Waals surface area contributed by atoms with Crippen LogP contribution in [0.15, 0.2) is 24.3 Å². The number of anilines is 3. The lowest BCUT2D eigenvalue weighted by Crippen LogP contribution is -2.48. The normalized spacial score (nSPS) is 13.5. The maximum atomic E-state index is 12.2. The van der Waals surface area contributed by atoms with Crippen molar-refractivity contribution in [1.29, 1.82) is 16.1 Å². The van der Waals surface area contributed by atoms with Gasteiger partial charge >= 0.3 is 5.97 Å². The first-order valence-corrected chi connectivity index (χ1v) is 11.1. The molecule has 0 bridgehead atoms. The van der Waals surface area contributed by atoms with Crippen molar-refractivity contribution in [3.8, 4) is 6.07 Å². The Morgan fingerprint density at radius 3 is 2.53 bits per heavy atom. The van der Waals surface area contributed by atoms with E-state index < -0.39 is 11.9 Å². The zero-order chi connectivity index (χ0) is 26.1. The molecule has 0 unspecified atom stereocenters. The van der Waals surface area contributed by atoms with Crippen LogP contribution in [-0.4, -0.2) is 58.6 Å². The summed E-state index contributed by atoms with van der Waals surface area (Å²) >= 11 is 0. The number of aromatic nitrogens is 2. The summed E-state index contributed by atoms with van der Waals surface area (Å²) in [7, 11) is 0. The number of carbonyl (C=O) groups is 2. The molecule has 1 saturated heterocycles. The zero-order valence-electron chi connectivity index (χ0n) is 19.3. The third-order valence-electron chi connectivity index (χ3n) is 5.54. The number of nitrogens with one attached hydrogen (secondary N) is 6.